The first-order chi connectivity index (χ1) is 9.52. The molecule has 0 spiro atoms. The minimum atomic E-state index is -1.03. The molecule has 1 atom stereocenters. The Hall–Kier alpha value is -2.15. The summed E-state index contributed by atoms with van der Waals surface area (Å²) < 4.78 is 1.95. The van der Waals surface area contributed by atoms with Crippen LogP contribution in [0.3, 0.4) is 0 Å². The molecule has 0 saturated heterocycles. The van der Waals surface area contributed by atoms with E-state index in [1.807, 2.05) is 24.6 Å². The molecule has 0 aliphatic rings. The number of carbonyl (C=O) groups excluding carboxylic acids is 1. The topological polar surface area (TPSA) is 84.2 Å². The molecule has 20 heavy (non-hydrogen) atoms. The number of hydrogen-bond donors (Lipinski definition) is 2. The van der Waals surface area contributed by atoms with Gasteiger partial charge in [-0.1, -0.05) is 0 Å². The van der Waals surface area contributed by atoms with E-state index in [0.717, 1.165) is 23.7 Å². The van der Waals surface area contributed by atoms with Crippen LogP contribution in [-0.4, -0.2) is 26.5 Å². The van der Waals surface area contributed by atoms with Crippen LogP contribution in [0.5, 0.6) is 0 Å². The van der Waals surface area contributed by atoms with Gasteiger partial charge in [-0.2, -0.15) is 0 Å². The standard InChI is InChI=1S/C13H15N3O3S/c1-3-16-5-4-14-11(16)8(2)15-12(17)10-6-9(7-20-10)13(18)19/h4-8H,3H2,1-2H3,(H,15,17)(H,18,19). The molecule has 106 valence electrons. The molecule has 0 fully saturated rings. The number of hydrogen-bond acceptors (Lipinski definition) is 4. The largest absolute Gasteiger partial charge is 0.478 e. The lowest BCUT2D eigenvalue weighted by Crippen LogP contribution is -2.28. The first-order valence-corrected chi connectivity index (χ1v) is 7.04. The van der Waals surface area contributed by atoms with Crippen molar-refractivity contribution in [2.75, 3.05) is 0 Å². The van der Waals surface area contributed by atoms with Crippen LogP contribution in [0.4, 0.5) is 0 Å². The van der Waals surface area contributed by atoms with Crippen LogP contribution in [0.1, 0.15) is 45.7 Å². The second kappa shape index (κ2) is 5.87. The number of rotatable bonds is 5. The van der Waals surface area contributed by atoms with Crippen molar-refractivity contribution in [3.05, 3.63) is 40.1 Å². The van der Waals surface area contributed by atoms with Crippen LogP contribution in [0, 0.1) is 0 Å². The number of carboxylic acid groups (broad SMARTS) is 1. The van der Waals surface area contributed by atoms with Crippen molar-refractivity contribution in [2.45, 2.75) is 26.4 Å². The van der Waals surface area contributed by atoms with Crippen LogP contribution >= 0.6 is 11.3 Å². The highest BCUT2D eigenvalue weighted by atomic mass is 32.1. The maximum Gasteiger partial charge on any atom is 0.336 e. The number of nitrogens with zero attached hydrogens (tertiary/aromatic N) is 2. The van der Waals surface area contributed by atoms with E-state index in [-0.39, 0.29) is 17.5 Å². The molecule has 2 heterocycles. The number of carbonyl (C=O) groups is 2. The fourth-order valence-corrected chi connectivity index (χ4v) is 2.65. The Labute approximate surface area is 120 Å². The molecule has 0 radical (unpaired) electrons. The zero-order chi connectivity index (χ0) is 14.7. The van der Waals surface area contributed by atoms with Gasteiger partial charge in [0.15, 0.2) is 0 Å². The Morgan fingerprint density at radius 2 is 2.30 bits per heavy atom. The van der Waals surface area contributed by atoms with Crippen LogP contribution in [0.25, 0.3) is 0 Å². The second-order valence-electron chi connectivity index (χ2n) is 4.27. The van der Waals surface area contributed by atoms with E-state index >= 15 is 0 Å². The van der Waals surface area contributed by atoms with Crippen molar-refractivity contribution in [3.63, 3.8) is 0 Å². The highest BCUT2D eigenvalue weighted by Crippen LogP contribution is 2.17. The predicted molar refractivity (Wildman–Crippen MR) is 75.1 cm³/mol. The lowest BCUT2D eigenvalue weighted by atomic mass is 10.2. The molecule has 0 aromatic carbocycles. The molecule has 0 bridgehead atoms. The van der Waals surface area contributed by atoms with E-state index in [1.165, 1.54) is 11.4 Å². The van der Waals surface area contributed by atoms with Gasteiger partial charge in [-0.15, -0.1) is 11.3 Å². The third-order valence-corrected chi connectivity index (χ3v) is 3.82. The molecule has 0 aliphatic carbocycles. The van der Waals surface area contributed by atoms with Gasteiger partial charge in [-0.25, -0.2) is 9.78 Å². The minimum absolute atomic E-state index is 0.128. The smallest absolute Gasteiger partial charge is 0.336 e. The minimum Gasteiger partial charge on any atom is -0.478 e. The summed E-state index contributed by atoms with van der Waals surface area (Å²) in [5.41, 5.74) is 0.128. The van der Waals surface area contributed by atoms with Crippen LogP contribution < -0.4 is 5.32 Å². The summed E-state index contributed by atoms with van der Waals surface area (Å²) >= 11 is 1.12. The number of aryl methyl sites for hydroxylation is 1. The van der Waals surface area contributed by atoms with Crippen molar-refractivity contribution in [1.82, 2.24) is 14.9 Å². The first kappa shape index (κ1) is 14.3. The highest BCUT2D eigenvalue weighted by molar-refractivity contribution is 7.12. The third kappa shape index (κ3) is 2.88. The van der Waals surface area contributed by atoms with E-state index in [9.17, 15) is 9.59 Å². The lowest BCUT2D eigenvalue weighted by molar-refractivity contribution is 0.0697. The molecule has 6 nitrogen and oxygen atoms in total. The number of amides is 1. The Balaban J connectivity index is 2.09. The molecule has 2 rings (SSSR count). The number of imidazole rings is 1. The molecular formula is C13H15N3O3S. The average Bonchev–Trinajstić information content (AvgIpc) is 3.07. The fourth-order valence-electron chi connectivity index (χ4n) is 1.87. The maximum absolute atomic E-state index is 12.1. The summed E-state index contributed by atoms with van der Waals surface area (Å²) in [6.45, 7) is 4.62. The molecule has 7 heteroatoms. The van der Waals surface area contributed by atoms with Gasteiger partial charge in [0.1, 0.15) is 5.82 Å². The normalized spacial score (nSPS) is 12.1. The van der Waals surface area contributed by atoms with E-state index in [0.29, 0.717) is 4.88 Å². The summed E-state index contributed by atoms with van der Waals surface area (Å²) in [6.07, 6.45) is 3.54. The van der Waals surface area contributed by atoms with Crippen molar-refractivity contribution in [1.29, 1.82) is 0 Å². The number of aromatic carboxylic acids is 1. The summed E-state index contributed by atoms with van der Waals surface area (Å²) in [7, 11) is 0. The molecule has 2 N–H and O–H groups in total. The lowest BCUT2D eigenvalue weighted by Gasteiger charge is -2.14. The molecule has 2 aromatic rings. The van der Waals surface area contributed by atoms with Gasteiger partial charge >= 0.3 is 5.97 Å². The molecule has 0 aliphatic heterocycles. The number of carboxylic acids is 1. The fraction of sp³-hybridized carbons (Fsp3) is 0.308. The first-order valence-electron chi connectivity index (χ1n) is 6.16. The van der Waals surface area contributed by atoms with Crippen molar-refractivity contribution >= 4 is 23.2 Å². The Morgan fingerprint density at radius 3 is 2.90 bits per heavy atom. The van der Waals surface area contributed by atoms with Gasteiger partial charge in [0.2, 0.25) is 0 Å². The van der Waals surface area contributed by atoms with Gasteiger partial charge in [0.25, 0.3) is 5.91 Å². The molecule has 2 aromatic heterocycles. The van der Waals surface area contributed by atoms with Gasteiger partial charge in [0.05, 0.1) is 16.5 Å². The summed E-state index contributed by atoms with van der Waals surface area (Å²) in [4.78, 5) is 27.4. The van der Waals surface area contributed by atoms with Crippen LogP contribution in [-0.2, 0) is 6.54 Å². The summed E-state index contributed by atoms with van der Waals surface area (Å²) in [5, 5.41) is 13.1. The summed E-state index contributed by atoms with van der Waals surface area (Å²) in [5.74, 6) is -0.550. The van der Waals surface area contributed by atoms with Gasteiger partial charge < -0.3 is 15.0 Å². The number of aromatic nitrogens is 2. The molecule has 0 saturated carbocycles. The number of thiophene rings is 1. The van der Waals surface area contributed by atoms with E-state index in [1.54, 1.807) is 6.20 Å². The van der Waals surface area contributed by atoms with Gasteiger partial charge in [-0.3, -0.25) is 4.79 Å². The molecular weight excluding hydrogens is 278 g/mol. The Kier molecular flexibility index (Phi) is 4.19. The van der Waals surface area contributed by atoms with Crippen molar-refractivity contribution in [3.8, 4) is 0 Å². The van der Waals surface area contributed by atoms with Crippen molar-refractivity contribution < 1.29 is 14.7 Å². The van der Waals surface area contributed by atoms with E-state index in [2.05, 4.69) is 10.3 Å². The third-order valence-electron chi connectivity index (χ3n) is 2.89. The predicted octanol–water partition coefficient (Wildman–Crippen LogP) is 2.15. The second-order valence-corrected chi connectivity index (χ2v) is 5.18. The average molecular weight is 293 g/mol. The van der Waals surface area contributed by atoms with E-state index in [4.69, 9.17) is 5.11 Å². The number of nitrogens with one attached hydrogen (secondary N) is 1. The highest BCUT2D eigenvalue weighted by Gasteiger charge is 2.17. The maximum atomic E-state index is 12.1. The van der Waals surface area contributed by atoms with E-state index < -0.39 is 5.97 Å². The Morgan fingerprint density at radius 1 is 1.55 bits per heavy atom. The van der Waals surface area contributed by atoms with Gasteiger partial charge in [0, 0.05) is 24.3 Å². The van der Waals surface area contributed by atoms with Crippen LogP contribution in [0.2, 0.25) is 0 Å². The molecule has 1 unspecified atom stereocenters. The van der Waals surface area contributed by atoms with Gasteiger partial charge in [-0.05, 0) is 19.9 Å². The SMILES string of the molecule is CCn1ccnc1C(C)NC(=O)c1cc(C(=O)O)cs1. The molecule has 1 amide bonds. The zero-order valence-corrected chi connectivity index (χ0v) is 12.0. The Bertz CT molecular complexity index is 632. The quantitative estimate of drug-likeness (QED) is 0.884. The van der Waals surface area contributed by atoms with Crippen molar-refractivity contribution in [2.24, 2.45) is 0 Å². The van der Waals surface area contributed by atoms with Crippen LogP contribution in [0.15, 0.2) is 23.8 Å². The monoisotopic (exact) mass is 293 g/mol. The zero-order valence-electron chi connectivity index (χ0n) is 11.2. The summed E-state index contributed by atoms with van der Waals surface area (Å²) in [6, 6.07) is 1.13.